The highest BCUT2D eigenvalue weighted by atomic mass is 35.5. The summed E-state index contributed by atoms with van der Waals surface area (Å²) in [5.41, 5.74) is -3.20. The van der Waals surface area contributed by atoms with E-state index in [-0.39, 0.29) is 6.20 Å². The number of nitrogens with zero attached hydrogens (tertiary/aromatic N) is 1. The van der Waals surface area contributed by atoms with Gasteiger partial charge in [-0.2, -0.15) is 13.2 Å². The number of hydrogen-bond donors (Lipinski definition) is 1. The van der Waals surface area contributed by atoms with Gasteiger partial charge in [-0.05, 0) is 0 Å². The summed E-state index contributed by atoms with van der Waals surface area (Å²) in [5.74, 6) is -3.74. The first-order valence-corrected chi connectivity index (χ1v) is 4.56. The molecular weight excluding hydrogens is 308 g/mol. The molecule has 1 aromatic rings. The summed E-state index contributed by atoms with van der Waals surface area (Å²) >= 11 is 5.13. The monoisotopic (exact) mass is 309 g/mol. The summed E-state index contributed by atoms with van der Waals surface area (Å²) in [6, 6.07) is 0. The van der Waals surface area contributed by atoms with Gasteiger partial charge in [0.05, 0.1) is 10.6 Å². The first-order chi connectivity index (χ1) is 8.43. The van der Waals surface area contributed by atoms with Crippen molar-refractivity contribution in [1.29, 1.82) is 0 Å². The molecule has 0 unspecified atom stereocenters. The number of halogens is 7. The Labute approximate surface area is 105 Å². The van der Waals surface area contributed by atoms with Crippen molar-refractivity contribution >= 4 is 17.6 Å². The van der Waals surface area contributed by atoms with Crippen molar-refractivity contribution in [2.24, 2.45) is 0 Å². The number of hydrogen-bond acceptors (Lipinski definition) is 3. The molecule has 0 atom stereocenters. The molecule has 0 aromatic carbocycles. The Hall–Kier alpha value is -1.71. The lowest BCUT2D eigenvalue weighted by atomic mass is 10.2. The minimum atomic E-state index is -5.43. The summed E-state index contributed by atoms with van der Waals surface area (Å²) in [7, 11) is 0. The van der Waals surface area contributed by atoms with E-state index in [0.29, 0.717) is 0 Å². The first kappa shape index (κ1) is 15.3. The number of aromatic nitrogens is 1. The van der Waals surface area contributed by atoms with Gasteiger partial charge < -0.3 is 9.84 Å². The van der Waals surface area contributed by atoms with Gasteiger partial charge in [0.2, 0.25) is 5.88 Å². The smallest absolute Gasteiger partial charge is 0.478 e. The van der Waals surface area contributed by atoms with Crippen molar-refractivity contribution in [3.05, 3.63) is 22.3 Å². The Kier molecular flexibility index (Phi) is 3.84. The van der Waals surface area contributed by atoms with Gasteiger partial charge in [0, 0.05) is 6.20 Å². The summed E-state index contributed by atoms with van der Waals surface area (Å²) in [4.78, 5) is 13.2. The highest BCUT2D eigenvalue weighted by molar-refractivity contribution is 6.34. The van der Waals surface area contributed by atoms with Crippen molar-refractivity contribution in [2.45, 2.75) is 12.5 Å². The lowest BCUT2D eigenvalue weighted by Crippen LogP contribution is -2.22. The van der Waals surface area contributed by atoms with Crippen molar-refractivity contribution < 1.29 is 41.0 Å². The molecule has 0 amide bonds. The van der Waals surface area contributed by atoms with Crippen LogP contribution in [0.25, 0.3) is 0 Å². The van der Waals surface area contributed by atoms with E-state index in [1.807, 2.05) is 0 Å². The Morgan fingerprint density at radius 1 is 1.26 bits per heavy atom. The molecule has 1 heterocycles. The summed E-state index contributed by atoms with van der Waals surface area (Å²) in [6.07, 6.45) is -10.6. The average Bonchev–Trinajstić information content (AvgIpc) is 2.11. The zero-order chi connectivity index (χ0) is 15.0. The van der Waals surface area contributed by atoms with Gasteiger partial charge in [0.25, 0.3) is 0 Å². The van der Waals surface area contributed by atoms with E-state index >= 15 is 0 Å². The standard InChI is InChI=1S/C8H2ClF6NO3/c9-4-2(6(17)18)1-16-5(19-8(13,14)15)3(4)7(10,11)12/h1H,(H,17,18). The number of pyridine rings is 1. The number of carboxylic acid groups (broad SMARTS) is 1. The van der Waals surface area contributed by atoms with Crippen LogP contribution in [0.15, 0.2) is 6.20 Å². The van der Waals surface area contributed by atoms with Crippen molar-refractivity contribution in [2.75, 3.05) is 0 Å². The molecule has 106 valence electrons. The number of aromatic carboxylic acids is 1. The third kappa shape index (κ3) is 3.63. The summed E-state index contributed by atoms with van der Waals surface area (Å²) in [6.45, 7) is 0. The second kappa shape index (κ2) is 4.76. The van der Waals surface area contributed by atoms with E-state index in [0.717, 1.165) is 0 Å². The first-order valence-electron chi connectivity index (χ1n) is 4.18. The lowest BCUT2D eigenvalue weighted by Gasteiger charge is -2.16. The Balaban J connectivity index is 3.50. The van der Waals surface area contributed by atoms with Crippen molar-refractivity contribution in [3.8, 4) is 5.88 Å². The highest BCUT2D eigenvalue weighted by Gasteiger charge is 2.43. The molecule has 0 spiro atoms. The number of carbonyl (C=O) groups is 1. The van der Waals surface area contributed by atoms with Crippen LogP contribution in [-0.4, -0.2) is 22.4 Å². The zero-order valence-electron chi connectivity index (χ0n) is 8.43. The van der Waals surface area contributed by atoms with Crippen molar-refractivity contribution in [3.63, 3.8) is 0 Å². The highest BCUT2D eigenvalue weighted by Crippen LogP contribution is 2.42. The SMILES string of the molecule is O=C(O)c1cnc(OC(F)(F)F)c(C(F)(F)F)c1Cl. The van der Waals surface area contributed by atoms with Gasteiger partial charge in [0.1, 0.15) is 5.56 Å². The molecule has 4 nitrogen and oxygen atoms in total. The van der Waals surface area contributed by atoms with Crippen LogP contribution in [0.5, 0.6) is 5.88 Å². The quantitative estimate of drug-likeness (QED) is 0.851. The van der Waals surface area contributed by atoms with E-state index < -0.39 is 40.5 Å². The van der Waals surface area contributed by atoms with Gasteiger partial charge in [-0.15, -0.1) is 13.2 Å². The molecule has 1 rings (SSSR count). The predicted molar refractivity (Wildman–Crippen MR) is 47.9 cm³/mol. The normalized spacial score (nSPS) is 12.4. The maximum absolute atomic E-state index is 12.6. The number of ether oxygens (including phenoxy) is 1. The van der Waals surface area contributed by atoms with E-state index in [4.69, 9.17) is 16.7 Å². The van der Waals surface area contributed by atoms with E-state index in [1.165, 1.54) is 0 Å². The third-order valence-corrected chi connectivity index (χ3v) is 2.10. The molecule has 1 N–H and O–H groups in total. The van der Waals surface area contributed by atoms with Gasteiger partial charge in [0.15, 0.2) is 0 Å². The molecule has 0 fully saturated rings. The fourth-order valence-electron chi connectivity index (χ4n) is 1.05. The molecule has 0 aliphatic carbocycles. The van der Waals surface area contributed by atoms with Gasteiger partial charge in [-0.1, -0.05) is 11.6 Å². The molecule has 0 aliphatic rings. The molecule has 0 aliphatic heterocycles. The minimum absolute atomic E-state index is 0.237. The number of carboxylic acids is 1. The minimum Gasteiger partial charge on any atom is -0.478 e. The second-order valence-electron chi connectivity index (χ2n) is 3.02. The number of alkyl halides is 6. The van der Waals surface area contributed by atoms with Gasteiger partial charge in [-0.25, -0.2) is 9.78 Å². The van der Waals surface area contributed by atoms with Crippen LogP contribution in [0.3, 0.4) is 0 Å². The summed E-state index contributed by atoms with van der Waals surface area (Å²) in [5, 5.41) is 7.09. The molecule has 11 heteroatoms. The third-order valence-electron chi connectivity index (χ3n) is 1.71. The largest absolute Gasteiger partial charge is 0.574 e. The molecular formula is C8H2ClF6NO3. The van der Waals surface area contributed by atoms with E-state index in [2.05, 4.69) is 9.72 Å². The van der Waals surface area contributed by atoms with Gasteiger partial charge in [-0.3, -0.25) is 0 Å². The lowest BCUT2D eigenvalue weighted by molar-refractivity contribution is -0.277. The summed E-state index contributed by atoms with van der Waals surface area (Å²) < 4.78 is 76.5. The predicted octanol–water partition coefficient (Wildman–Crippen LogP) is 3.35. The Morgan fingerprint density at radius 3 is 2.16 bits per heavy atom. The fourth-order valence-corrected chi connectivity index (χ4v) is 1.37. The molecule has 19 heavy (non-hydrogen) atoms. The molecule has 0 radical (unpaired) electrons. The van der Waals surface area contributed by atoms with Crippen molar-refractivity contribution in [1.82, 2.24) is 4.98 Å². The van der Waals surface area contributed by atoms with Crippen LogP contribution in [-0.2, 0) is 6.18 Å². The van der Waals surface area contributed by atoms with Crippen LogP contribution >= 0.6 is 11.6 Å². The van der Waals surface area contributed by atoms with Crippen LogP contribution in [0, 0.1) is 0 Å². The second-order valence-corrected chi connectivity index (χ2v) is 3.39. The van der Waals surface area contributed by atoms with E-state index in [1.54, 1.807) is 0 Å². The van der Waals surface area contributed by atoms with Crippen LogP contribution in [0.2, 0.25) is 5.02 Å². The Bertz CT molecular complexity index is 512. The molecule has 0 saturated carbocycles. The molecule has 1 aromatic heterocycles. The van der Waals surface area contributed by atoms with Crippen LogP contribution in [0.1, 0.15) is 15.9 Å². The van der Waals surface area contributed by atoms with Crippen LogP contribution < -0.4 is 4.74 Å². The zero-order valence-corrected chi connectivity index (χ0v) is 9.19. The maximum Gasteiger partial charge on any atom is 0.574 e. The van der Waals surface area contributed by atoms with Gasteiger partial charge >= 0.3 is 18.5 Å². The molecule has 0 saturated heterocycles. The average molecular weight is 310 g/mol. The fraction of sp³-hybridized carbons (Fsp3) is 0.250. The number of rotatable bonds is 2. The Morgan fingerprint density at radius 2 is 1.79 bits per heavy atom. The topological polar surface area (TPSA) is 59.4 Å². The maximum atomic E-state index is 12.6. The molecule has 0 bridgehead atoms. The van der Waals surface area contributed by atoms with Crippen LogP contribution in [0.4, 0.5) is 26.3 Å². The van der Waals surface area contributed by atoms with E-state index in [9.17, 15) is 31.1 Å².